The van der Waals surface area contributed by atoms with Gasteiger partial charge in [-0.05, 0) is 37.4 Å². The zero-order valence-corrected chi connectivity index (χ0v) is 13.1. The second kappa shape index (κ2) is 8.48. The minimum Gasteiger partial charge on any atom is -0.493 e. The number of benzene rings is 2. The van der Waals surface area contributed by atoms with Gasteiger partial charge in [0, 0.05) is 12.1 Å². The zero-order valence-electron chi connectivity index (χ0n) is 13.1. The highest BCUT2D eigenvalue weighted by Gasteiger charge is 2.06. The van der Waals surface area contributed by atoms with Gasteiger partial charge in [-0.2, -0.15) is 0 Å². The van der Waals surface area contributed by atoms with Crippen LogP contribution in [0.1, 0.15) is 30.0 Å². The van der Waals surface area contributed by atoms with Crippen molar-refractivity contribution in [2.24, 2.45) is 0 Å². The van der Waals surface area contributed by atoms with E-state index in [0.29, 0.717) is 0 Å². The molecule has 0 amide bonds. The van der Waals surface area contributed by atoms with E-state index in [2.05, 4.69) is 67.7 Å². The summed E-state index contributed by atoms with van der Waals surface area (Å²) >= 11 is 0. The first kappa shape index (κ1) is 15.6. The highest BCUT2D eigenvalue weighted by Crippen LogP contribution is 2.23. The zero-order chi connectivity index (χ0) is 14.9. The second-order valence-corrected chi connectivity index (χ2v) is 5.28. The van der Waals surface area contributed by atoms with Crippen LogP contribution in [0.3, 0.4) is 0 Å². The quantitative estimate of drug-likeness (QED) is 0.736. The summed E-state index contributed by atoms with van der Waals surface area (Å²) in [6.07, 6.45) is 2.11. The number of para-hydroxylation sites is 1. The minimum absolute atomic E-state index is 0.763. The fourth-order valence-electron chi connectivity index (χ4n) is 2.41. The van der Waals surface area contributed by atoms with E-state index in [9.17, 15) is 0 Å². The molecule has 2 nitrogen and oxygen atoms in total. The molecule has 0 saturated heterocycles. The molecular formula is C19H25NO. The molecule has 1 N–H and O–H groups in total. The number of ether oxygens (including phenoxy) is 1. The molecule has 0 bridgehead atoms. The molecule has 0 fully saturated rings. The Hall–Kier alpha value is -1.80. The molecule has 112 valence electrons. The molecular weight excluding hydrogens is 258 g/mol. The average Bonchev–Trinajstić information content (AvgIpc) is 2.52. The number of hydrogen-bond donors (Lipinski definition) is 1. The van der Waals surface area contributed by atoms with Crippen LogP contribution in [0.15, 0.2) is 48.5 Å². The molecule has 2 heteroatoms. The third kappa shape index (κ3) is 4.91. The van der Waals surface area contributed by atoms with E-state index >= 15 is 0 Å². The van der Waals surface area contributed by atoms with Crippen LogP contribution in [0.5, 0.6) is 5.75 Å². The summed E-state index contributed by atoms with van der Waals surface area (Å²) in [6, 6.07) is 16.9. The van der Waals surface area contributed by atoms with E-state index in [1.54, 1.807) is 0 Å². The molecule has 0 aromatic heterocycles. The molecule has 0 spiro atoms. The van der Waals surface area contributed by atoms with Gasteiger partial charge in [-0.3, -0.25) is 0 Å². The van der Waals surface area contributed by atoms with Crippen molar-refractivity contribution in [2.75, 3.05) is 13.2 Å². The lowest BCUT2D eigenvalue weighted by Gasteiger charge is -2.14. The SMILES string of the molecule is CCNCc1cccc(C)c1OCCCc1ccccc1. The summed E-state index contributed by atoms with van der Waals surface area (Å²) in [5, 5.41) is 3.37. The smallest absolute Gasteiger partial charge is 0.126 e. The van der Waals surface area contributed by atoms with Gasteiger partial charge in [0.15, 0.2) is 0 Å². The summed E-state index contributed by atoms with van der Waals surface area (Å²) in [4.78, 5) is 0. The maximum atomic E-state index is 6.05. The number of nitrogens with one attached hydrogen (secondary N) is 1. The molecule has 0 saturated carbocycles. The molecule has 0 heterocycles. The van der Waals surface area contributed by atoms with Gasteiger partial charge in [-0.1, -0.05) is 55.5 Å². The van der Waals surface area contributed by atoms with Crippen LogP contribution in [-0.2, 0) is 13.0 Å². The summed E-state index contributed by atoms with van der Waals surface area (Å²) in [7, 11) is 0. The van der Waals surface area contributed by atoms with Crippen molar-refractivity contribution >= 4 is 0 Å². The Balaban J connectivity index is 1.87. The monoisotopic (exact) mass is 283 g/mol. The van der Waals surface area contributed by atoms with Crippen molar-refractivity contribution < 1.29 is 4.74 Å². The maximum absolute atomic E-state index is 6.05. The van der Waals surface area contributed by atoms with Gasteiger partial charge in [0.1, 0.15) is 5.75 Å². The summed E-state index contributed by atoms with van der Waals surface area (Å²) in [5.41, 5.74) is 3.83. The number of rotatable bonds is 8. The van der Waals surface area contributed by atoms with Gasteiger partial charge in [0.25, 0.3) is 0 Å². The molecule has 2 rings (SSSR count). The van der Waals surface area contributed by atoms with Crippen molar-refractivity contribution in [3.63, 3.8) is 0 Å². The van der Waals surface area contributed by atoms with E-state index < -0.39 is 0 Å². The molecule has 0 radical (unpaired) electrons. The van der Waals surface area contributed by atoms with E-state index in [1.807, 2.05) is 0 Å². The van der Waals surface area contributed by atoms with Crippen LogP contribution in [0.2, 0.25) is 0 Å². The van der Waals surface area contributed by atoms with Gasteiger partial charge in [0.2, 0.25) is 0 Å². The lowest BCUT2D eigenvalue weighted by atomic mass is 10.1. The molecule has 2 aromatic carbocycles. The third-order valence-corrected chi connectivity index (χ3v) is 3.56. The summed E-state index contributed by atoms with van der Waals surface area (Å²) in [6.45, 7) is 6.84. The molecule has 0 aliphatic heterocycles. The van der Waals surface area contributed by atoms with Crippen LogP contribution in [0.25, 0.3) is 0 Å². The van der Waals surface area contributed by atoms with E-state index in [1.165, 1.54) is 16.7 Å². The van der Waals surface area contributed by atoms with Crippen LogP contribution < -0.4 is 10.1 Å². The van der Waals surface area contributed by atoms with Crippen LogP contribution in [0.4, 0.5) is 0 Å². The van der Waals surface area contributed by atoms with Crippen molar-refractivity contribution in [3.8, 4) is 5.75 Å². The molecule has 0 atom stereocenters. The van der Waals surface area contributed by atoms with Crippen LogP contribution in [-0.4, -0.2) is 13.2 Å². The Morgan fingerprint density at radius 2 is 1.81 bits per heavy atom. The largest absolute Gasteiger partial charge is 0.493 e. The number of hydrogen-bond acceptors (Lipinski definition) is 2. The standard InChI is InChI=1S/C19H25NO/c1-3-20-15-18-13-7-9-16(2)19(18)21-14-8-12-17-10-5-4-6-11-17/h4-7,9-11,13,20H,3,8,12,14-15H2,1-2H3. The van der Waals surface area contributed by atoms with Gasteiger partial charge < -0.3 is 10.1 Å². The van der Waals surface area contributed by atoms with Crippen LogP contribution >= 0.6 is 0 Å². The molecule has 0 unspecified atom stereocenters. The van der Waals surface area contributed by atoms with E-state index in [-0.39, 0.29) is 0 Å². The Labute approximate surface area is 128 Å². The van der Waals surface area contributed by atoms with E-state index in [4.69, 9.17) is 4.74 Å². The highest BCUT2D eigenvalue weighted by molar-refractivity contribution is 5.40. The highest BCUT2D eigenvalue weighted by atomic mass is 16.5. The van der Waals surface area contributed by atoms with Crippen molar-refractivity contribution in [1.82, 2.24) is 5.32 Å². The lowest BCUT2D eigenvalue weighted by molar-refractivity contribution is 0.305. The third-order valence-electron chi connectivity index (χ3n) is 3.56. The Morgan fingerprint density at radius 1 is 1.00 bits per heavy atom. The fourth-order valence-corrected chi connectivity index (χ4v) is 2.41. The van der Waals surface area contributed by atoms with Crippen molar-refractivity contribution in [2.45, 2.75) is 33.2 Å². The first-order chi connectivity index (χ1) is 10.3. The van der Waals surface area contributed by atoms with Crippen molar-refractivity contribution in [3.05, 3.63) is 65.2 Å². The van der Waals surface area contributed by atoms with Gasteiger partial charge in [-0.25, -0.2) is 0 Å². The fraction of sp³-hybridized carbons (Fsp3) is 0.368. The molecule has 2 aromatic rings. The topological polar surface area (TPSA) is 21.3 Å². The first-order valence-electron chi connectivity index (χ1n) is 7.77. The second-order valence-electron chi connectivity index (χ2n) is 5.28. The Kier molecular flexibility index (Phi) is 6.29. The molecule has 0 aliphatic rings. The minimum atomic E-state index is 0.763. The predicted octanol–water partition coefficient (Wildman–Crippen LogP) is 4.12. The van der Waals surface area contributed by atoms with Gasteiger partial charge in [-0.15, -0.1) is 0 Å². The van der Waals surface area contributed by atoms with E-state index in [0.717, 1.165) is 38.3 Å². The summed E-state index contributed by atoms with van der Waals surface area (Å²) < 4.78 is 6.05. The number of aryl methyl sites for hydroxylation is 2. The molecule has 21 heavy (non-hydrogen) atoms. The van der Waals surface area contributed by atoms with Gasteiger partial charge in [0.05, 0.1) is 6.61 Å². The Bertz CT molecular complexity index is 537. The summed E-state index contributed by atoms with van der Waals surface area (Å²) in [5.74, 6) is 1.05. The lowest BCUT2D eigenvalue weighted by Crippen LogP contribution is -2.13. The van der Waals surface area contributed by atoms with Crippen LogP contribution in [0, 0.1) is 6.92 Å². The Morgan fingerprint density at radius 3 is 2.57 bits per heavy atom. The van der Waals surface area contributed by atoms with Crippen molar-refractivity contribution in [1.29, 1.82) is 0 Å². The maximum Gasteiger partial charge on any atom is 0.126 e. The first-order valence-corrected chi connectivity index (χ1v) is 7.77. The average molecular weight is 283 g/mol. The predicted molar refractivity (Wildman–Crippen MR) is 88.8 cm³/mol. The molecule has 0 aliphatic carbocycles. The van der Waals surface area contributed by atoms with Gasteiger partial charge >= 0.3 is 0 Å². The normalized spacial score (nSPS) is 10.6.